The van der Waals surface area contributed by atoms with Gasteiger partial charge in [-0.2, -0.15) is 0 Å². The average Bonchev–Trinajstić information content (AvgIpc) is 0.684. The van der Waals surface area contributed by atoms with Crippen LogP contribution in [0.15, 0.2) is 0 Å². The minimum absolute atomic E-state index is 2.03. The Balaban J connectivity index is 1.50. The van der Waals surface area contributed by atoms with E-state index in [4.69, 9.17) is 14.0 Å². The van der Waals surface area contributed by atoms with Crippen LogP contribution in [0.3, 0.4) is 0 Å². The lowest BCUT2D eigenvalue weighted by molar-refractivity contribution is -0.170. The van der Waals surface area contributed by atoms with Crippen LogP contribution in [0.1, 0.15) is 127 Å². The summed E-state index contributed by atoms with van der Waals surface area (Å²) in [5, 5.41) is 0. The average molecular weight is 1800 g/mol. The van der Waals surface area contributed by atoms with Crippen LogP contribution < -0.4 is 0 Å². The molecule has 3 atom stereocenters. The monoisotopic (exact) mass is 1800 g/mol. The number of hydrogen-bond acceptors (Lipinski definition) is 3. The van der Waals surface area contributed by atoms with Gasteiger partial charge in [-0.15, -0.1) is 0 Å². The molecule has 121 heavy (non-hydrogen) atoms. The second kappa shape index (κ2) is 30.7. The number of rotatable bonds is 15. The van der Waals surface area contributed by atoms with Gasteiger partial charge in [-0.3, -0.25) is 0 Å². The van der Waals surface area contributed by atoms with Crippen molar-refractivity contribution in [3.63, 3.8) is 0 Å². The molecule has 3 saturated carbocycles. The van der Waals surface area contributed by atoms with E-state index in [1.807, 2.05) is 0 Å². The lowest BCUT2D eigenvalue weighted by Crippen LogP contribution is -2.66. The minimum Gasteiger partial charge on any atom is -0.375 e. The molecule has 3 unspecified atom stereocenters. The Morgan fingerprint density at radius 1 is 0.124 bits per heavy atom. The summed E-state index contributed by atoms with van der Waals surface area (Å²) >= 11 is 0. The zero-order valence-electron chi connectivity index (χ0n) is 57.3. The van der Waals surface area contributed by atoms with E-state index in [1.165, 1.54) is 0 Å². The molecule has 12 rings (SSSR count). The highest BCUT2D eigenvalue weighted by molar-refractivity contribution is 6.37. The van der Waals surface area contributed by atoms with Crippen molar-refractivity contribution in [2.45, 2.75) is 110 Å². The van der Waals surface area contributed by atoms with Crippen molar-refractivity contribution in [3.05, 3.63) is 312 Å². The van der Waals surface area contributed by atoms with Crippen molar-refractivity contribution < 1.29 is 212 Å². The summed E-state index contributed by atoms with van der Waals surface area (Å²) in [6.45, 7) is 0. The van der Waals surface area contributed by atoms with E-state index in [0.29, 0.717) is 0 Å². The Morgan fingerprint density at radius 3 is 0.331 bits per heavy atom. The van der Waals surface area contributed by atoms with Crippen molar-refractivity contribution in [1.29, 1.82) is 0 Å². The molecule has 0 saturated heterocycles. The third-order valence-electron chi connectivity index (χ3n) is 21.6. The highest BCUT2D eigenvalue weighted by Crippen LogP contribution is 2.69. The topological polar surface area (TPSA) is 27.7 Å². The van der Waals surface area contributed by atoms with E-state index in [9.17, 15) is 0 Å². The Morgan fingerprint density at radius 2 is 0.215 bits per heavy atom. The number of hydrogen-bond donors (Lipinski definition) is 0. The maximum atomic E-state index is 18.2. The SMILES string of the molecule is Fc1c(F)c(F)c(C2(OB(OC3(c4c(F)c(F)c(F)c(F)c4F)CCCCC3(c3c(F)c(F)c(F)c(F)c3F)c3c(F)c(F)c(F)c(F)c3F)OC3(c4c(F)c(F)c(F)c(F)c4F)CCCCC3(c3c(F)c(F)c(F)c(F)c3F)c3c(F)c(F)c(F)c(F)c3F)CCCCC2(c2c(F)c(F)c(F)c(F)c2F)c2c(F)c(F)c(F)c(F)c2F)c(F)c1F. The van der Waals surface area contributed by atoms with Crippen LogP contribution in [0.5, 0.6) is 0 Å². The van der Waals surface area contributed by atoms with E-state index in [0.717, 1.165) is 0 Å². The molecule has 0 bridgehead atoms. The highest BCUT2D eigenvalue weighted by atomic mass is 19.2. The summed E-state index contributed by atoms with van der Waals surface area (Å²) in [6.07, 6.45) is -31.6. The van der Waals surface area contributed by atoms with Gasteiger partial charge >= 0.3 is 7.32 Å². The normalized spacial score (nSPS) is 19.1. The molecule has 0 radical (unpaired) electrons. The molecule has 0 aromatic heterocycles. The summed E-state index contributed by atoms with van der Waals surface area (Å²) in [7, 11) is -6.47. The zero-order chi connectivity index (χ0) is 90.4. The first-order chi connectivity index (χ1) is 56.2. The van der Waals surface area contributed by atoms with E-state index in [1.54, 1.807) is 0 Å². The van der Waals surface area contributed by atoms with Crippen molar-refractivity contribution in [2.24, 2.45) is 0 Å². The van der Waals surface area contributed by atoms with Gasteiger partial charge in [-0.25, -0.2) is 198 Å². The summed E-state index contributed by atoms with van der Waals surface area (Å²) in [4.78, 5) is 0. The molecule has 0 heterocycles. The number of benzene rings is 9. The Labute approximate surface area is 639 Å². The molecule has 49 heteroatoms. The first kappa shape index (κ1) is 90.0. The molecule has 3 aliphatic rings. The van der Waals surface area contributed by atoms with Gasteiger partial charge in [0.1, 0.15) is 16.8 Å². The van der Waals surface area contributed by atoms with Crippen LogP contribution in [0.2, 0.25) is 0 Å². The molecule has 3 nitrogen and oxygen atoms in total. The molecule has 648 valence electrons. The first-order valence-electron chi connectivity index (χ1n) is 32.9. The second-order valence-corrected chi connectivity index (χ2v) is 27.0. The van der Waals surface area contributed by atoms with Gasteiger partial charge < -0.3 is 14.0 Å². The molecule has 3 aliphatic carbocycles. The summed E-state index contributed by atoms with van der Waals surface area (Å²) < 4.78 is 782. The molecule has 9 aromatic carbocycles. The van der Waals surface area contributed by atoms with Gasteiger partial charge in [0.25, 0.3) is 0 Å². The minimum atomic E-state index is -6.57. The van der Waals surface area contributed by atoms with Crippen LogP contribution in [-0.4, -0.2) is 7.32 Å². The van der Waals surface area contributed by atoms with Gasteiger partial charge in [0.05, 0.1) is 32.9 Å². The van der Waals surface area contributed by atoms with E-state index in [-0.39, 0.29) is 0 Å². The predicted octanol–water partition coefficient (Wildman–Crippen LogP) is 23.6. The van der Waals surface area contributed by atoms with Crippen molar-refractivity contribution >= 4 is 7.32 Å². The summed E-state index contributed by atoms with van der Waals surface area (Å²) in [5.41, 5.74) is -74.2. The van der Waals surface area contributed by atoms with Crippen LogP contribution in [0.25, 0.3) is 0 Å². The highest BCUT2D eigenvalue weighted by Gasteiger charge is 2.74. The molecular weight excluding hydrogens is 1780 g/mol. The quantitative estimate of drug-likeness (QED) is 0.0443. The Bertz CT molecular complexity index is 4960. The largest absolute Gasteiger partial charge is 0.641 e. The summed E-state index contributed by atoms with van der Waals surface area (Å²) in [5.74, 6) is -182. The first-order valence-corrected chi connectivity index (χ1v) is 32.9. The number of halogens is 45. The fraction of sp³-hybridized carbons (Fsp3) is 0.250. The van der Waals surface area contributed by atoms with Crippen LogP contribution >= 0.6 is 0 Å². The molecule has 0 spiro atoms. The lowest BCUT2D eigenvalue weighted by atomic mass is 9.52. The standard InChI is InChI=1S/C72H24BF45O3/c74-22-13(23(75)41(93)58(110)40(22)92)67(14-24(76)42(94)59(111)43(95)25(14)77)7-1-4-10-70(67,19-34(86)52(104)64(116)53(105)35(19)87)119-73(120-71(20-36(88)54(106)65(117)55(107)37(20)89)11-5-2-8-68(71,15-26(78)44(96)60(112)45(97)27(15)79)16-28(80)46(98)61(113)47(99)29(16)81)121-72(21-38(90)56(108)66(118)57(109)39(21)91)12-6-3-9-69(72,17-30(82)48(100)62(114)49(101)31(17)83)18-32(84)50(102)63(115)51(103)33(18)85/h1-12H2. The van der Waals surface area contributed by atoms with Gasteiger partial charge in [0.15, 0.2) is 209 Å². The molecule has 0 amide bonds. The molecule has 0 aliphatic heterocycles. The molecule has 9 aromatic rings. The van der Waals surface area contributed by atoms with Crippen molar-refractivity contribution in [1.82, 2.24) is 0 Å². The second-order valence-electron chi connectivity index (χ2n) is 27.0. The van der Waals surface area contributed by atoms with Gasteiger partial charge in [-0.05, 0) is 38.5 Å². The van der Waals surface area contributed by atoms with Gasteiger partial charge in [0.2, 0.25) is 52.4 Å². The zero-order valence-corrected chi connectivity index (χ0v) is 57.3. The predicted molar refractivity (Wildman–Crippen MR) is 308 cm³/mol. The molecule has 3 fully saturated rings. The van der Waals surface area contributed by atoms with E-state index < -0.39 is 429 Å². The fourth-order valence-corrected chi connectivity index (χ4v) is 16.9. The molecular formula is C72H24BF45O3. The third-order valence-corrected chi connectivity index (χ3v) is 21.6. The van der Waals surface area contributed by atoms with Crippen LogP contribution in [0.4, 0.5) is 198 Å². The lowest BCUT2D eigenvalue weighted by Gasteiger charge is -2.59. The van der Waals surface area contributed by atoms with Gasteiger partial charge in [-0.1, -0.05) is 38.5 Å². The van der Waals surface area contributed by atoms with Crippen LogP contribution in [0, 0.1) is 262 Å². The van der Waals surface area contributed by atoms with E-state index in [2.05, 4.69) is 0 Å². The third kappa shape index (κ3) is 11.8. The van der Waals surface area contributed by atoms with Crippen LogP contribution in [-0.2, 0) is 47.0 Å². The van der Waals surface area contributed by atoms with Gasteiger partial charge in [0, 0.05) is 33.4 Å². The fourth-order valence-electron chi connectivity index (χ4n) is 16.9. The Hall–Kier alpha value is -10.2. The van der Waals surface area contributed by atoms with E-state index >= 15 is 198 Å². The Kier molecular flexibility index (Phi) is 22.8. The molecule has 0 N–H and O–H groups in total. The maximum absolute atomic E-state index is 18.2. The van der Waals surface area contributed by atoms with Crippen molar-refractivity contribution in [3.8, 4) is 0 Å². The maximum Gasteiger partial charge on any atom is 0.641 e. The van der Waals surface area contributed by atoms with Crippen molar-refractivity contribution in [2.75, 3.05) is 0 Å². The smallest absolute Gasteiger partial charge is 0.375 e. The summed E-state index contributed by atoms with van der Waals surface area (Å²) in [6, 6.07) is 0.